The predicted molar refractivity (Wildman–Crippen MR) is 113 cm³/mol. The summed E-state index contributed by atoms with van der Waals surface area (Å²) in [5.41, 5.74) is 0. The molecule has 3 rings (SSSR count). The minimum atomic E-state index is -3.50. The van der Waals surface area contributed by atoms with Gasteiger partial charge in [0.15, 0.2) is 0 Å². The van der Waals surface area contributed by atoms with Crippen molar-refractivity contribution < 1.29 is 17.9 Å². The molecule has 1 N–H and O–H groups in total. The highest BCUT2D eigenvalue weighted by atomic mass is 32.2. The summed E-state index contributed by atoms with van der Waals surface area (Å²) in [7, 11) is -3.50. The van der Waals surface area contributed by atoms with E-state index < -0.39 is 10.2 Å². The monoisotopic (exact) mass is 430 g/mol. The van der Waals surface area contributed by atoms with Crippen molar-refractivity contribution in [2.75, 3.05) is 59.0 Å². The Labute approximate surface area is 176 Å². The summed E-state index contributed by atoms with van der Waals surface area (Å²) >= 11 is 0. The van der Waals surface area contributed by atoms with Crippen LogP contribution in [0.5, 0.6) is 0 Å². The quantitative estimate of drug-likeness (QED) is 0.582. The summed E-state index contributed by atoms with van der Waals surface area (Å²) in [6.07, 6.45) is 7.53. The molecule has 0 saturated carbocycles. The molecule has 9 heteroatoms. The molecule has 0 aliphatic carbocycles. The number of nitrogens with one attached hydrogen (secondary N) is 1. The van der Waals surface area contributed by atoms with Crippen molar-refractivity contribution in [1.82, 2.24) is 18.8 Å². The van der Waals surface area contributed by atoms with E-state index in [-0.39, 0.29) is 18.4 Å². The third-order valence-corrected chi connectivity index (χ3v) is 8.52. The standard InChI is InChI=1S/C20H38N4O4S/c1-2-19-8-3-4-10-22(19)11-6-9-21-20(25)18-7-5-12-24(17-18)29(26,27)23-13-15-28-16-14-23/h18-19H,2-17H2,1H3,(H,21,25)/t18-,19-/m1/s1. The summed E-state index contributed by atoms with van der Waals surface area (Å²) in [4.78, 5) is 15.2. The first-order valence-electron chi connectivity index (χ1n) is 11.4. The maximum absolute atomic E-state index is 12.9. The first-order valence-corrected chi connectivity index (χ1v) is 12.8. The largest absolute Gasteiger partial charge is 0.379 e. The van der Waals surface area contributed by atoms with E-state index in [1.54, 1.807) is 0 Å². The molecule has 168 valence electrons. The van der Waals surface area contributed by atoms with Crippen LogP contribution in [-0.2, 0) is 19.7 Å². The molecular weight excluding hydrogens is 392 g/mol. The van der Waals surface area contributed by atoms with Crippen molar-refractivity contribution in [3.8, 4) is 0 Å². The second-order valence-corrected chi connectivity index (χ2v) is 10.4. The van der Waals surface area contributed by atoms with Gasteiger partial charge in [0.05, 0.1) is 19.1 Å². The van der Waals surface area contributed by atoms with E-state index in [2.05, 4.69) is 17.1 Å². The van der Waals surface area contributed by atoms with E-state index in [9.17, 15) is 13.2 Å². The van der Waals surface area contributed by atoms with Gasteiger partial charge in [-0.05, 0) is 45.1 Å². The van der Waals surface area contributed by atoms with Crippen molar-refractivity contribution in [2.45, 2.75) is 57.9 Å². The molecule has 8 nitrogen and oxygen atoms in total. The van der Waals surface area contributed by atoms with Crippen LogP contribution in [0.4, 0.5) is 0 Å². The molecule has 0 spiro atoms. The van der Waals surface area contributed by atoms with Gasteiger partial charge in [-0.1, -0.05) is 13.3 Å². The molecule has 29 heavy (non-hydrogen) atoms. The maximum atomic E-state index is 12.9. The summed E-state index contributed by atoms with van der Waals surface area (Å²) < 4.78 is 34.0. The lowest BCUT2D eigenvalue weighted by Gasteiger charge is -2.36. The molecule has 0 radical (unpaired) electrons. The number of piperidine rings is 2. The van der Waals surface area contributed by atoms with Crippen LogP contribution in [0.25, 0.3) is 0 Å². The van der Waals surface area contributed by atoms with Crippen LogP contribution in [0.3, 0.4) is 0 Å². The lowest BCUT2D eigenvalue weighted by molar-refractivity contribution is -0.126. The van der Waals surface area contributed by atoms with Gasteiger partial charge in [-0.15, -0.1) is 0 Å². The van der Waals surface area contributed by atoms with Gasteiger partial charge >= 0.3 is 0 Å². The third-order valence-electron chi connectivity index (χ3n) is 6.52. The molecule has 3 aliphatic heterocycles. The van der Waals surface area contributed by atoms with E-state index in [4.69, 9.17) is 4.74 Å². The Balaban J connectivity index is 1.42. The molecular formula is C20H38N4O4S. The summed E-state index contributed by atoms with van der Waals surface area (Å²) in [6, 6.07) is 0.691. The highest BCUT2D eigenvalue weighted by Crippen LogP contribution is 2.22. The van der Waals surface area contributed by atoms with Gasteiger partial charge in [0.2, 0.25) is 5.91 Å². The minimum absolute atomic E-state index is 0.00226. The number of carbonyl (C=O) groups excluding carboxylic acids is 1. The molecule has 3 saturated heterocycles. The molecule has 0 aromatic heterocycles. The van der Waals surface area contributed by atoms with Gasteiger partial charge in [-0.2, -0.15) is 17.0 Å². The van der Waals surface area contributed by atoms with E-state index in [1.165, 1.54) is 40.8 Å². The van der Waals surface area contributed by atoms with Gasteiger partial charge in [0.25, 0.3) is 10.2 Å². The van der Waals surface area contributed by atoms with E-state index >= 15 is 0 Å². The Morgan fingerprint density at radius 1 is 1.03 bits per heavy atom. The zero-order valence-corrected chi connectivity index (χ0v) is 18.7. The predicted octanol–water partition coefficient (Wildman–Crippen LogP) is 1.05. The SMILES string of the molecule is CC[C@@H]1CCCCN1CCCNC(=O)[C@@H]1CCCN(S(=O)(=O)N2CCOCC2)C1. The average molecular weight is 431 g/mol. The van der Waals surface area contributed by atoms with E-state index in [1.807, 2.05) is 0 Å². The third kappa shape index (κ3) is 6.13. The van der Waals surface area contributed by atoms with Crippen molar-refractivity contribution in [3.63, 3.8) is 0 Å². The van der Waals surface area contributed by atoms with Crippen LogP contribution in [0.1, 0.15) is 51.9 Å². The summed E-state index contributed by atoms with van der Waals surface area (Å²) in [6.45, 7) is 7.57. The van der Waals surface area contributed by atoms with Crippen molar-refractivity contribution in [1.29, 1.82) is 0 Å². The van der Waals surface area contributed by atoms with Gasteiger partial charge in [0, 0.05) is 45.3 Å². The second kappa shape index (κ2) is 11.0. The zero-order valence-electron chi connectivity index (χ0n) is 17.9. The fourth-order valence-electron chi connectivity index (χ4n) is 4.76. The minimum Gasteiger partial charge on any atom is -0.379 e. The van der Waals surface area contributed by atoms with Crippen molar-refractivity contribution in [3.05, 3.63) is 0 Å². The smallest absolute Gasteiger partial charge is 0.282 e. The fraction of sp³-hybridized carbons (Fsp3) is 0.950. The second-order valence-electron chi connectivity index (χ2n) is 8.45. The Kier molecular flexibility index (Phi) is 8.73. The van der Waals surface area contributed by atoms with Crippen LogP contribution in [0, 0.1) is 5.92 Å². The van der Waals surface area contributed by atoms with Gasteiger partial charge in [-0.3, -0.25) is 4.79 Å². The lowest BCUT2D eigenvalue weighted by Crippen LogP contribution is -2.53. The molecule has 3 aliphatic rings. The van der Waals surface area contributed by atoms with Crippen LogP contribution >= 0.6 is 0 Å². The molecule has 0 bridgehead atoms. The number of rotatable bonds is 8. The number of nitrogens with zero attached hydrogens (tertiary/aromatic N) is 3. The molecule has 0 aromatic rings. The van der Waals surface area contributed by atoms with Gasteiger partial charge < -0.3 is 15.0 Å². The maximum Gasteiger partial charge on any atom is 0.282 e. The topological polar surface area (TPSA) is 82.2 Å². The van der Waals surface area contributed by atoms with Gasteiger partial charge in [0.1, 0.15) is 0 Å². The highest BCUT2D eigenvalue weighted by Gasteiger charge is 2.36. The molecule has 2 atom stereocenters. The number of hydrogen-bond donors (Lipinski definition) is 1. The number of hydrogen-bond acceptors (Lipinski definition) is 5. The van der Waals surface area contributed by atoms with Crippen LogP contribution in [0.15, 0.2) is 0 Å². The first kappa shape index (κ1) is 22.9. The van der Waals surface area contributed by atoms with Crippen molar-refractivity contribution >= 4 is 16.1 Å². The fourth-order valence-corrected chi connectivity index (χ4v) is 6.43. The lowest BCUT2D eigenvalue weighted by atomic mass is 9.98. The Morgan fingerprint density at radius 3 is 2.59 bits per heavy atom. The average Bonchev–Trinajstić information content (AvgIpc) is 2.77. The van der Waals surface area contributed by atoms with E-state index in [0.29, 0.717) is 45.4 Å². The number of ether oxygens (including phenoxy) is 1. The van der Waals surface area contributed by atoms with Crippen LogP contribution in [0.2, 0.25) is 0 Å². The van der Waals surface area contributed by atoms with Crippen LogP contribution < -0.4 is 5.32 Å². The Hall–Kier alpha value is -0.740. The number of morpholine rings is 1. The van der Waals surface area contributed by atoms with Crippen LogP contribution in [-0.4, -0.2) is 92.9 Å². The number of likely N-dealkylation sites (tertiary alicyclic amines) is 1. The zero-order chi connectivity index (χ0) is 20.7. The molecule has 3 heterocycles. The number of amides is 1. The molecule has 3 fully saturated rings. The summed E-state index contributed by atoms with van der Waals surface area (Å²) in [5, 5.41) is 3.06. The summed E-state index contributed by atoms with van der Waals surface area (Å²) in [5.74, 6) is -0.254. The van der Waals surface area contributed by atoms with Crippen molar-refractivity contribution in [2.24, 2.45) is 5.92 Å². The number of carbonyl (C=O) groups is 1. The molecule has 0 aromatic carbocycles. The molecule has 1 amide bonds. The molecule has 0 unspecified atom stereocenters. The van der Waals surface area contributed by atoms with E-state index in [0.717, 1.165) is 25.8 Å². The Bertz CT molecular complexity index is 624. The Morgan fingerprint density at radius 2 is 1.83 bits per heavy atom. The van der Waals surface area contributed by atoms with Gasteiger partial charge in [-0.25, -0.2) is 0 Å². The highest BCUT2D eigenvalue weighted by molar-refractivity contribution is 7.86. The first-order chi connectivity index (χ1) is 14.0. The normalized spacial score (nSPS) is 28.3.